The molecule has 0 aromatic heterocycles. The molecule has 0 amide bonds. The lowest BCUT2D eigenvalue weighted by atomic mass is 9.92. The van der Waals surface area contributed by atoms with E-state index < -0.39 is 29.6 Å². The van der Waals surface area contributed by atoms with Gasteiger partial charge in [0.15, 0.2) is 5.78 Å². The van der Waals surface area contributed by atoms with Crippen molar-refractivity contribution in [3.8, 4) is 0 Å². The van der Waals surface area contributed by atoms with E-state index in [1.807, 2.05) is 0 Å². The Morgan fingerprint density at radius 2 is 1.56 bits per heavy atom. The van der Waals surface area contributed by atoms with Gasteiger partial charge in [-0.25, -0.2) is 0 Å². The van der Waals surface area contributed by atoms with Gasteiger partial charge in [-0.1, -0.05) is 24.3 Å². The lowest BCUT2D eigenvalue weighted by Gasteiger charge is -2.09. The predicted molar refractivity (Wildman–Crippen MR) is 52.3 cm³/mol. The molecule has 16 heavy (non-hydrogen) atoms. The molecule has 0 saturated carbocycles. The molecule has 1 aromatic carbocycles. The first kappa shape index (κ1) is 10.4. The fraction of sp³-hybridized carbons (Fsp3) is 0.182. The van der Waals surface area contributed by atoms with Gasteiger partial charge >= 0.3 is 11.9 Å². The Morgan fingerprint density at radius 1 is 1.00 bits per heavy atom. The summed E-state index contributed by atoms with van der Waals surface area (Å²) < 4.78 is 0. The normalized spacial score (nSPS) is 22.9. The van der Waals surface area contributed by atoms with Gasteiger partial charge in [0.05, 0.1) is 0 Å². The summed E-state index contributed by atoms with van der Waals surface area (Å²) >= 11 is 0. The van der Waals surface area contributed by atoms with Crippen LogP contribution in [0.15, 0.2) is 24.3 Å². The average Bonchev–Trinajstić information content (AvgIpc) is 2.53. The summed E-state index contributed by atoms with van der Waals surface area (Å²) in [5.41, 5.74) is 0.481. The third kappa shape index (κ3) is 1.29. The number of aliphatic carboxylic acids is 2. The smallest absolute Gasteiger partial charge is 0.315 e. The van der Waals surface area contributed by atoms with Crippen LogP contribution in [-0.2, 0) is 9.59 Å². The maximum atomic E-state index is 11.7. The van der Waals surface area contributed by atoms with Gasteiger partial charge in [-0.3, -0.25) is 14.4 Å². The third-order valence-electron chi connectivity index (χ3n) is 2.71. The molecule has 0 spiro atoms. The van der Waals surface area contributed by atoms with Gasteiger partial charge in [0.2, 0.25) is 0 Å². The van der Waals surface area contributed by atoms with Gasteiger partial charge in [-0.15, -0.1) is 0 Å². The fourth-order valence-corrected chi connectivity index (χ4v) is 2.02. The SMILES string of the molecule is O=C(O)C1C(=O)c2ccccc2C1C(=O)O. The minimum atomic E-state index is -1.50. The zero-order valence-electron chi connectivity index (χ0n) is 8.08. The first-order chi connectivity index (χ1) is 7.54. The molecule has 1 aliphatic rings. The number of carbonyl (C=O) groups excluding carboxylic acids is 1. The molecule has 0 radical (unpaired) electrons. The maximum absolute atomic E-state index is 11.7. The molecule has 2 unspecified atom stereocenters. The van der Waals surface area contributed by atoms with Crippen LogP contribution in [-0.4, -0.2) is 27.9 Å². The lowest BCUT2D eigenvalue weighted by molar-refractivity contribution is -0.148. The summed E-state index contributed by atoms with van der Waals surface area (Å²) in [6.07, 6.45) is 0. The number of Topliss-reactive ketones (excluding diaryl/α,β-unsaturated/α-hetero) is 1. The zero-order valence-corrected chi connectivity index (χ0v) is 8.08. The maximum Gasteiger partial charge on any atom is 0.315 e. The van der Waals surface area contributed by atoms with Crippen LogP contribution in [0, 0.1) is 5.92 Å². The number of carbonyl (C=O) groups is 3. The van der Waals surface area contributed by atoms with Crippen LogP contribution in [0.4, 0.5) is 0 Å². The third-order valence-corrected chi connectivity index (χ3v) is 2.71. The number of hydrogen-bond donors (Lipinski definition) is 2. The Kier molecular flexibility index (Phi) is 2.23. The highest BCUT2D eigenvalue weighted by Crippen LogP contribution is 2.38. The Hall–Kier alpha value is -2.17. The predicted octanol–water partition coefficient (Wildman–Crippen LogP) is 0.752. The van der Waals surface area contributed by atoms with Crippen LogP contribution in [0.2, 0.25) is 0 Å². The van der Waals surface area contributed by atoms with E-state index in [-0.39, 0.29) is 11.1 Å². The van der Waals surface area contributed by atoms with E-state index in [2.05, 4.69) is 0 Å². The molecule has 0 heterocycles. The second kappa shape index (κ2) is 3.44. The number of carboxylic acid groups (broad SMARTS) is 2. The van der Waals surface area contributed by atoms with E-state index in [0.29, 0.717) is 0 Å². The molecule has 0 bridgehead atoms. The topological polar surface area (TPSA) is 91.7 Å². The first-order valence-corrected chi connectivity index (χ1v) is 4.62. The molecule has 1 aromatic rings. The van der Waals surface area contributed by atoms with Gasteiger partial charge in [-0.05, 0) is 5.56 Å². The monoisotopic (exact) mass is 220 g/mol. The van der Waals surface area contributed by atoms with E-state index in [1.54, 1.807) is 12.1 Å². The minimum Gasteiger partial charge on any atom is -0.481 e. The Bertz CT molecular complexity index is 491. The van der Waals surface area contributed by atoms with Crippen molar-refractivity contribution in [1.29, 1.82) is 0 Å². The number of fused-ring (bicyclic) bond motifs is 1. The number of hydrogen-bond acceptors (Lipinski definition) is 3. The first-order valence-electron chi connectivity index (χ1n) is 4.62. The average molecular weight is 220 g/mol. The zero-order chi connectivity index (χ0) is 11.9. The van der Waals surface area contributed by atoms with E-state index in [1.165, 1.54) is 12.1 Å². The highest BCUT2D eigenvalue weighted by Gasteiger charge is 2.48. The number of rotatable bonds is 2. The molecule has 82 valence electrons. The quantitative estimate of drug-likeness (QED) is 0.717. The molecule has 0 fully saturated rings. The molecule has 2 N–H and O–H groups in total. The van der Waals surface area contributed by atoms with Gasteiger partial charge in [0.25, 0.3) is 0 Å². The van der Waals surface area contributed by atoms with Gasteiger partial charge < -0.3 is 10.2 Å². The van der Waals surface area contributed by atoms with Crippen molar-refractivity contribution in [2.24, 2.45) is 5.92 Å². The van der Waals surface area contributed by atoms with Crippen molar-refractivity contribution in [2.45, 2.75) is 5.92 Å². The number of ketones is 1. The molecule has 0 saturated heterocycles. The Balaban J connectivity index is 2.60. The molecule has 2 atom stereocenters. The standard InChI is InChI=1S/C11H8O5/c12-9-6-4-2-1-3-5(6)7(10(13)14)8(9)11(15)16/h1-4,7-8H,(H,13,14)(H,15,16). The highest BCUT2D eigenvalue weighted by atomic mass is 16.4. The molecule has 5 heteroatoms. The molecule has 2 rings (SSSR count). The summed E-state index contributed by atoms with van der Waals surface area (Å²) in [5, 5.41) is 17.9. The van der Waals surface area contributed by atoms with Gasteiger partial charge in [-0.2, -0.15) is 0 Å². The molecular formula is C11H8O5. The summed E-state index contributed by atoms with van der Waals surface area (Å²) in [6.45, 7) is 0. The van der Waals surface area contributed by atoms with E-state index >= 15 is 0 Å². The van der Waals surface area contributed by atoms with Crippen molar-refractivity contribution in [2.75, 3.05) is 0 Å². The molecule has 1 aliphatic carbocycles. The van der Waals surface area contributed by atoms with Crippen molar-refractivity contribution < 1.29 is 24.6 Å². The molecule has 0 aliphatic heterocycles. The number of benzene rings is 1. The van der Waals surface area contributed by atoms with Crippen LogP contribution >= 0.6 is 0 Å². The van der Waals surface area contributed by atoms with Gasteiger partial charge in [0, 0.05) is 5.56 Å². The fourth-order valence-electron chi connectivity index (χ4n) is 2.02. The van der Waals surface area contributed by atoms with Crippen LogP contribution in [0.3, 0.4) is 0 Å². The lowest BCUT2D eigenvalue weighted by Crippen LogP contribution is -2.28. The highest BCUT2D eigenvalue weighted by molar-refractivity contribution is 6.16. The van der Waals surface area contributed by atoms with Crippen molar-refractivity contribution in [3.63, 3.8) is 0 Å². The summed E-state index contributed by atoms with van der Waals surface area (Å²) in [7, 11) is 0. The van der Waals surface area contributed by atoms with E-state index in [9.17, 15) is 14.4 Å². The van der Waals surface area contributed by atoms with E-state index in [0.717, 1.165) is 0 Å². The van der Waals surface area contributed by atoms with Gasteiger partial charge in [0.1, 0.15) is 11.8 Å². The largest absolute Gasteiger partial charge is 0.481 e. The second-order valence-electron chi connectivity index (χ2n) is 3.58. The van der Waals surface area contributed by atoms with Crippen molar-refractivity contribution in [3.05, 3.63) is 35.4 Å². The van der Waals surface area contributed by atoms with Crippen LogP contribution < -0.4 is 0 Å². The Labute approximate surface area is 90.3 Å². The van der Waals surface area contributed by atoms with E-state index in [4.69, 9.17) is 10.2 Å². The summed E-state index contributed by atoms with van der Waals surface area (Å²) in [5.74, 6) is -6.09. The number of carboxylic acids is 2. The Morgan fingerprint density at radius 3 is 2.12 bits per heavy atom. The summed E-state index contributed by atoms with van der Waals surface area (Å²) in [6, 6.07) is 6.11. The second-order valence-corrected chi connectivity index (χ2v) is 3.58. The van der Waals surface area contributed by atoms with Crippen LogP contribution in [0.5, 0.6) is 0 Å². The van der Waals surface area contributed by atoms with Crippen LogP contribution in [0.25, 0.3) is 0 Å². The van der Waals surface area contributed by atoms with Crippen molar-refractivity contribution >= 4 is 17.7 Å². The minimum absolute atomic E-state index is 0.197. The van der Waals surface area contributed by atoms with Crippen LogP contribution in [0.1, 0.15) is 21.8 Å². The summed E-state index contributed by atoms with van der Waals surface area (Å²) in [4.78, 5) is 33.6. The molecule has 5 nitrogen and oxygen atoms in total. The van der Waals surface area contributed by atoms with Crippen molar-refractivity contribution in [1.82, 2.24) is 0 Å². The molecular weight excluding hydrogens is 212 g/mol.